The molecule has 2 aromatic rings. The van der Waals surface area contributed by atoms with Gasteiger partial charge in [-0.15, -0.1) is 0 Å². The summed E-state index contributed by atoms with van der Waals surface area (Å²) < 4.78 is 81.7. The van der Waals surface area contributed by atoms with Crippen LogP contribution in [0, 0.1) is 0 Å². The standard InChI is InChI=1S/C14H8F6OS2/c15-13(16,17)9-5-1-3-7-11(9)22-21-23-12-8-4-2-6-10(12)14(18,19)20/h1-8H. The molecule has 0 atom stereocenters. The molecule has 0 spiro atoms. The van der Waals surface area contributed by atoms with Crippen molar-refractivity contribution in [3.63, 3.8) is 0 Å². The first-order chi connectivity index (χ1) is 10.7. The summed E-state index contributed by atoms with van der Waals surface area (Å²) in [6.07, 6.45) is -9.14. The Kier molecular flexibility index (Phi) is 5.53. The maximum atomic E-state index is 12.8. The molecule has 9 heteroatoms. The molecule has 0 unspecified atom stereocenters. The van der Waals surface area contributed by atoms with Crippen LogP contribution in [0.3, 0.4) is 0 Å². The maximum absolute atomic E-state index is 12.8. The number of hydrogen-bond acceptors (Lipinski definition) is 3. The molecular formula is C14H8F6OS2. The van der Waals surface area contributed by atoms with Crippen molar-refractivity contribution in [1.29, 1.82) is 0 Å². The smallest absolute Gasteiger partial charge is 0.237 e. The van der Waals surface area contributed by atoms with Crippen LogP contribution in [-0.4, -0.2) is 0 Å². The molecule has 0 N–H and O–H groups in total. The molecule has 2 aromatic carbocycles. The van der Waals surface area contributed by atoms with Crippen molar-refractivity contribution in [2.45, 2.75) is 22.1 Å². The Balaban J connectivity index is 2.11. The Bertz CT molecular complexity index is 611. The third kappa shape index (κ3) is 4.82. The van der Waals surface area contributed by atoms with Gasteiger partial charge < -0.3 is 0 Å². The van der Waals surface area contributed by atoms with E-state index in [2.05, 4.69) is 0 Å². The number of rotatable bonds is 4. The molecule has 0 aliphatic heterocycles. The van der Waals surface area contributed by atoms with Crippen molar-refractivity contribution < 1.29 is 30.0 Å². The van der Waals surface area contributed by atoms with E-state index < -0.39 is 23.5 Å². The highest BCUT2D eigenvalue weighted by molar-refractivity contribution is 8.08. The number of hydrogen-bond donors (Lipinski definition) is 0. The lowest BCUT2D eigenvalue weighted by atomic mass is 10.2. The number of benzene rings is 2. The van der Waals surface area contributed by atoms with Crippen LogP contribution in [0.5, 0.6) is 0 Å². The van der Waals surface area contributed by atoms with Crippen LogP contribution in [0.4, 0.5) is 26.3 Å². The van der Waals surface area contributed by atoms with Gasteiger partial charge in [0.25, 0.3) is 0 Å². The third-order valence-corrected chi connectivity index (χ3v) is 4.25. The summed E-state index contributed by atoms with van der Waals surface area (Å²) in [5, 5.41) is 0. The van der Waals surface area contributed by atoms with Gasteiger partial charge in [0.05, 0.1) is 11.1 Å². The zero-order chi connectivity index (χ0) is 17.1. The van der Waals surface area contributed by atoms with Crippen LogP contribution in [0.2, 0.25) is 0 Å². The van der Waals surface area contributed by atoms with E-state index in [-0.39, 0.29) is 9.79 Å². The Morgan fingerprint density at radius 3 is 1.30 bits per heavy atom. The second-order valence-electron chi connectivity index (χ2n) is 4.22. The zero-order valence-corrected chi connectivity index (χ0v) is 12.7. The summed E-state index contributed by atoms with van der Waals surface area (Å²) in [4.78, 5) is -0.450. The molecule has 0 fully saturated rings. The maximum Gasteiger partial charge on any atom is 0.417 e. The van der Waals surface area contributed by atoms with Crippen molar-refractivity contribution >= 4 is 24.1 Å². The van der Waals surface area contributed by atoms with Gasteiger partial charge in [-0.1, -0.05) is 24.3 Å². The van der Waals surface area contributed by atoms with E-state index in [0.717, 1.165) is 12.1 Å². The Morgan fingerprint density at radius 1 is 0.609 bits per heavy atom. The summed E-state index contributed by atoms with van der Waals surface area (Å²) in [5.74, 6) is 0. The van der Waals surface area contributed by atoms with Gasteiger partial charge in [-0.2, -0.15) is 26.3 Å². The largest absolute Gasteiger partial charge is 0.417 e. The van der Waals surface area contributed by atoms with Crippen LogP contribution < -0.4 is 0 Å². The summed E-state index contributed by atoms with van der Waals surface area (Å²) in [5.41, 5.74) is -1.82. The summed E-state index contributed by atoms with van der Waals surface area (Å²) in [7, 11) is 0. The number of alkyl halides is 6. The monoisotopic (exact) mass is 370 g/mol. The predicted molar refractivity (Wildman–Crippen MR) is 75.7 cm³/mol. The Labute approximate surface area is 136 Å². The molecule has 0 saturated carbocycles. The van der Waals surface area contributed by atoms with Gasteiger partial charge in [-0.05, 0) is 24.3 Å². The van der Waals surface area contributed by atoms with Gasteiger partial charge in [0, 0.05) is 33.9 Å². The third-order valence-electron chi connectivity index (χ3n) is 2.63. The minimum Gasteiger partial charge on any atom is -0.237 e. The molecule has 0 aromatic heterocycles. The van der Waals surface area contributed by atoms with Gasteiger partial charge in [0.15, 0.2) is 0 Å². The molecule has 0 aliphatic rings. The molecule has 0 amide bonds. The molecule has 23 heavy (non-hydrogen) atoms. The fraction of sp³-hybridized carbons (Fsp3) is 0.143. The van der Waals surface area contributed by atoms with Gasteiger partial charge in [-0.3, -0.25) is 0 Å². The summed E-state index contributed by atoms with van der Waals surface area (Å²) in [6.45, 7) is 0. The first kappa shape index (κ1) is 18.0. The van der Waals surface area contributed by atoms with E-state index in [4.69, 9.17) is 3.63 Å². The van der Waals surface area contributed by atoms with Gasteiger partial charge >= 0.3 is 12.4 Å². The molecule has 1 nitrogen and oxygen atoms in total. The van der Waals surface area contributed by atoms with Crippen molar-refractivity contribution in [2.24, 2.45) is 0 Å². The Hall–Kier alpha value is -1.32. The fourth-order valence-electron chi connectivity index (χ4n) is 1.64. The molecule has 0 radical (unpaired) electrons. The van der Waals surface area contributed by atoms with Crippen LogP contribution in [0.25, 0.3) is 0 Å². The van der Waals surface area contributed by atoms with Crippen LogP contribution in [0.1, 0.15) is 11.1 Å². The van der Waals surface area contributed by atoms with E-state index >= 15 is 0 Å². The van der Waals surface area contributed by atoms with Gasteiger partial charge in [-0.25, -0.2) is 3.63 Å². The molecule has 0 saturated heterocycles. The highest BCUT2D eigenvalue weighted by Crippen LogP contribution is 2.41. The molecular weight excluding hydrogens is 362 g/mol. The average Bonchev–Trinajstić information content (AvgIpc) is 2.46. The summed E-state index contributed by atoms with van der Waals surface area (Å²) >= 11 is 0.727. The lowest BCUT2D eigenvalue weighted by molar-refractivity contribution is -0.140. The van der Waals surface area contributed by atoms with E-state index in [0.29, 0.717) is 24.1 Å². The average molecular weight is 370 g/mol. The summed E-state index contributed by atoms with van der Waals surface area (Å²) in [6, 6.07) is 9.33. The van der Waals surface area contributed by atoms with Crippen molar-refractivity contribution in [2.75, 3.05) is 0 Å². The fourth-order valence-corrected chi connectivity index (χ4v) is 3.18. The van der Waals surface area contributed by atoms with Gasteiger partial charge in [0.1, 0.15) is 0 Å². The van der Waals surface area contributed by atoms with E-state index in [9.17, 15) is 26.3 Å². The molecule has 0 bridgehead atoms. The second kappa shape index (κ2) is 7.06. The zero-order valence-electron chi connectivity index (χ0n) is 11.1. The normalized spacial score (nSPS) is 12.4. The van der Waals surface area contributed by atoms with Crippen LogP contribution >= 0.6 is 24.1 Å². The predicted octanol–water partition coefficient (Wildman–Crippen LogP) is 6.46. The first-order valence-electron chi connectivity index (χ1n) is 6.03. The van der Waals surface area contributed by atoms with Crippen molar-refractivity contribution in [3.05, 3.63) is 59.7 Å². The minimum atomic E-state index is -4.57. The first-order valence-corrected chi connectivity index (χ1v) is 7.51. The van der Waals surface area contributed by atoms with E-state index in [1.54, 1.807) is 0 Å². The Morgan fingerprint density at radius 2 is 0.957 bits per heavy atom. The SMILES string of the molecule is FC(F)(F)c1ccccc1SOSc1ccccc1C(F)(F)F. The lowest BCUT2D eigenvalue weighted by Gasteiger charge is -2.13. The van der Waals surface area contributed by atoms with E-state index in [1.807, 2.05) is 0 Å². The number of halogens is 6. The van der Waals surface area contributed by atoms with Gasteiger partial charge in [0.2, 0.25) is 0 Å². The topological polar surface area (TPSA) is 9.23 Å². The van der Waals surface area contributed by atoms with Crippen molar-refractivity contribution in [1.82, 2.24) is 0 Å². The van der Waals surface area contributed by atoms with Crippen LogP contribution in [0.15, 0.2) is 58.3 Å². The minimum absolute atomic E-state index is 0.225. The molecule has 0 heterocycles. The van der Waals surface area contributed by atoms with Crippen molar-refractivity contribution in [3.8, 4) is 0 Å². The van der Waals surface area contributed by atoms with E-state index in [1.165, 1.54) is 36.4 Å². The second-order valence-corrected chi connectivity index (χ2v) is 5.98. The quantitative estimate of drug-likeness (QED) is 0.452. The highest BCUT2D eigenvalue weighted by Gasteiger charge is 2.35. The molecule has 2 rings (SSSR count). The molecule has 124 valence electrons. The molecule has 0 aliphatic carbocycles. The van der Waals surface area contributed by atoms with Crippen LogP contribution in [-0.2, 0) is 16.0 Å². The lowest BCUT2D eigenvalue weighted by Crippen LogP contribution is -2.07. The highest BCUT2D eigenvalue weighted by atomic mass is 32.2.